The molecule has 0 aromatic heterocycles. The Kier molecular flexibility index (Phi) is 4.58. The van der Waals surface area contributed by atoms with Crippen LogP contribution in [0.3, 0.4) is 0 Å². The fraction of sp³-hybridized carbons (Fsp3) is 0.400. The van der Waals surface area contributed by atoms with Gasteiger partial charge in [-0.05, 0) is 36.6 Å². The van der Waals surface area contributed by atoms with Crippen molar-refractivity contribution in [3.8, 4) is 5.75 Å². The summed E-state index contributed by atoms with van der Waals surface area (Å²) in [6.45, 7) is 0. The van der Waals surface area contributed by atoms with Crippen LogP contribution < -0.4 is 5.32 Å². The lowest BCUT2D eigenvalue weighted by Gasteiger charge is -2.27. The molecular weight excluding hydrogens is 242 g/mol. The van der Waals surface area contributed by atoms with Crippen LogP contribution in [-0.4, -0.2) is 28.3 Å². The third-order valence-corrected chi connectivity index (χ3v) is 3.38. The standard InChI is InChI=1S/C15H19NO3/c17-12-8-5-11(6-9-12)7-10-15(19)16-13-3-1-2-4-14(13)18/h5-10,13-14,17-18H,1-4H2,(H,16,19)/b10-7+/t13-,14-/m0/s1. The Balaban J connectivity index is 1.88. The lowest BCUT2D eigenvalue weighted by molar-refractivity contribution is -0.118. The highest BCUT2D eigenvalue weighted by Crippen LogP contribution is 2.18. The number of phenols is 1. The zero-order chi connectivity index (χ0) is 13.7. The van der Waals surface area contributed by atoms with Gasteiger partial charge in [-0.25, -0.2) is 0 Å². The number of hydrogen-bond donors (Lipinski definition) is 3. The maximum absolute atomic E-state index is 11.7. The Labute approximate surface area is 112 Å². The number of hydrogen-bond acceptors (Lipinski definition) is 3. The second-order valence-electron chi connectivity index (χ2n) is 4.89. The maximum Gasteiger partial charge on any atom is 0.244 e. The van der Waals surface area contributed by atoms with E-state index in [1.165, 1.54) is 6.08 Å². The van der Waals surface area contributed by atoms with Gasteiger partial charge in [-0.3, -0.25) is 4.79 Å². The van der Waals surface area contributed by atoms with E-state index >= 15 is 0 Å². The van der Waals surface area contributed by atoms with Crippen molar-refractivity contribution in [2.24, 2.45) is 0 Å². The van der Waals surface area contributed by atoms with Gasteiger partial charge in [-0.2, -0.15) is 0 Å². The van der Waals surface area contributed by atoms with Gasteiger partial charge in [0.25, 0.3) is 0 Å². The molecule has 1 amide bonds. The van der Waals surface area contributed by atoms with Crippen LogP contribution in [0.15, 0.2) is 30.3 Å². The smallest absolute Gasteiger partial charge is 0.244 e. The number of aliphatic hydroxyl groups is 1. The minimum absolute atomic E-state index is 0.134. The van der Waals surface area contributed by atoms with Gasteiger partial charge in [-0.15, -0.1) is 0 Å². The lowest BCUT2D eigenvalue weighted by Crippen LogP contribution is -2.44. The molecule has 0 unspecified atom stereocenters. The van der Waals surface area contributed by atoms with Gasteiger partial charge >= 0.3 is 0 Å². The predicted octanol–water partition coefficient (Wildman–Crippen LogP) is 1.83. The third kappa shape index (κ3) is 4.10. The molecule has 19 heavy (non-hydrogen) atoms. The van der Waals surface area contributed by atoms with Gasteiger partial charge in [0.2, 0.25) is 5.91 Å². The van der Waals surface area contributed by atoms with Gasteiger partial charge in [0.15, 0.2) is 0 Å². The number of amides is 1. The first-order chi connectivity index (χ1) is 9.15. The zero-order valence-electron chi connectivity index (χ0n) is 10.7. The Morgan fingerprint density at radius 2 is 1.89 bits per heavy atom. The van der Waals surface area contributed by atoms with Crippen LogP contribution in [0.4, 0.5) is 0 Å². The second-order valence-corrected chi connectivity index (χ2v) is 4.89. The Hall–Kier alpha value is -1.81. The van der Waals surface area contributed by atoms with Crippen molar-refractivity contribution in [3.63, 3.8) is 0 Å². The van der Waals surface area contributed by atoms with Crippen LogP contribution in [-0.2, 0) is 4.79 Å². The van der Waals surface area contributed by atoms with Crippen molar-refractivity contribution in [1.29, 1.82) is 0 Å². The second kappa shape index (κ2) is 6.38. The lowest BCUT2D eigenvalue weighted by atomic mass is 9.92. The van der Waals surface area contributed by atoms with Gasteiger partial charge in [0, 0.05) is 6.08 Å². The van der Waals surface area contributed by atoms with Crippen molar-refractivity contribution < 1.29 is 15.0 Å². The van der Waals surface area contributed by atoms with E-state index in [1.54, 1.807) is 30.3 Å². The van der Waals surface area contributed by atoms with Crippen LogP contribution in [0.2, 0.25) is 0 Å². The predicted molar refractivity (Wildman–Crippen MR) is 73.5 cm³/mol. The van der Waals surface area contributed by atoms with Crippen LogP contribution in [0, 0.1) is 0 Å². The number of benzene rings is 1. The summed E-state index contributed by atoms with van der Waals surface area (Å²) in [5.41, 5.74) is 0.845. The molecule has 102 valence electrons. The number of aliphatic hydroxyl groups excluding tert-OH is 1. The summed E-state index contributed by atoms with van der Waals surface area (Å²) >= 11 is 0. The summed E-state index contributed by atoms with van der Waals surface area (Å²) in [5, 5.41) is 21.7. The fourth-order valence-corrected chi connectivity index (χ4v) is 2.27. The molecule has 0 bridgehead atoms. The normalized spacial score (nSPS) is 23.4. The summed E-state index contributed by atoms with van der Waals surface area (Å²) in [4.78, 5) is 11.7. The zero-order valence-corrected chi connectivity index (χ0v) is 10.7. The first-order valence-electron chi connectivity index (χ1n) is 6.61. The molecule has 2 atom stereocenters. The molecule has 1 fully saturated rings. The highest BCUT2D eigenvalue weighted by molar-refractivity contribution is 5.91. The molecule has 1 aliphatic rings. The monoisotopic (exact) mass is 261 g/mol. The van der Waals surface area contributed by atoms with E-state index < -0.39 is 6.10 Å². The first-order valence-corrected chi connectivity index (χ1v) is 6.61. The van der Waals surface area contributed by atoms with Gasteiger partial charge < -0.3 is 15.5 Å². The molecule has 0 spiro atoms. The van der Waals surface area contributed by atoms with Crippen molar-refractivity contribution in [1.82, 2.24) is 5.32 Å². The highest BCUT2D eigenvalue weighted by atomic mass is 16.3. The summed E-state index contributed by atoms with van der Waals surface area (Å²) < 4.78 is 0. The minimum Gasteiger partial charge on any atom is -0.508 e. The molecular formula is C15H19NO3. The van der Waals surface area contributed by atoms with Crippen LogP contribution in [0.5, 0.6) is 5.75 Å². The molecule has 2 rings (SSSR count). The first kappa shape index (κ1) is 13.6. The highest BCUT2D eigenvalue weighted by Gasteiger charge is 2.23. The van der Waals surface area contributed by atoms with Crippen LogP contribution in [0.1, 0.15) is 31.2 Å². The number of phenolic OH excluding ortho intramolecular Hbond substituents is 1. The van der Waals surface area contributed by atoms with E-state index in [-0.39, 0.29) is 17.7 Å². The summed E-state index contributed by atoms with van der Waals surface area (Å²) in [6.07, 6.45) is 6.37. The quantitative estimate of drug-likeness (QED) is 0.727. The van der Waals surface area contributed by atoms with Crippen molar-refractivity contribution in [3.05, 3.63) is 35.9 Å². The molecule has 1 aliphatic carbocycles. The van der Waals surface area contributed by atoms with E-state index in [0.29, 0.717) is 0 Å². The van der Waals surface area contributed by atoms with Crippen LogP contribution in [0.25, 0.3) is 6.08 Å². The molecule has 0 heterocycles. The molecule has 0 aliphatic heterocycles. The Morgan fingerprint density at radius 3 is 2.58 bits per heavy atom. The van der Waals surface area contributed by atoms with Gasteiger partial charge in [0.05, 0.1) is 12.1 Å². The van der Waals surface area contributed by atoms with Gasteiger partial charge in [0.1, 0.15) is 5.75 Å². The van der Waals surface area contributed by atoms with E-state index in [4.69, 9.17) is 5.11 Å². The molecule has 4 nitrogen and oxygen atoms in total. The summed E-state index contributed by atoms with van der Waals surface area (Å²) in [7, 11) is 0. The maximum atomic E-state index is 11.7. The summed E-state index contributed by atoms with van der Waals surface area (Å²) in [6, 6.07) is 6.47. The topological polar surface area (TPSA) is 69.6 Å². The summed E-state index contributed by atoms with van der Waals surface area (Å²) in [5.74, 6) is 0.00551. The fourth-order valence-electron chi connectivity index (χ4n) is 2.27. The van der Waals surface area contributed by atoms with Crippen LogP contribution >= 0.6 is 0 Å². The number of carbonyl (C=O) groups is 1. The molecule has 0 saturated heterocycles. The largest absolute Gasteiger partial charge is 0.508 e. The van der Waals surface area contributed by atoms with E-state index in [9.17, 15) is 9.90 Å². The third-order valence-electron chi connectivity index (χ3n) is 3.38. The minimum atomic E-state index is -0.431. The van der Waals surface area contributed by atoms with E-state index in [0.717, 1.165) is 31.2 Å². The average Bonchev–Trinajstić information content (AvgIpc) is 2.41. The number of rotatable bonds is 3. The van der Waals surface area contributed by atoms with Crippen molar-refractivity contribution >= 4 is 12.0 Å². The van der Waals surface area contributed by atoms with Crippen molar-refractivity contribution in [2.45, 2.75) is 37.8 Å². The Bertz CT molecular complexity index is 453. The number of carbonyl (C=O) groups excluding carboxylic acids is 1. The van der Waals surface area contributed by atoms with Crippen molar-refractivity contribution in [2.75, 3.05) is 0 Å². The van der Waals surface area contributed by atoms with E-state index in [2.05, 4.69) is 5.32 Å². The molecule has 0 radical (unpaired) electrons. The average molecular weight is 261 g/mol. The number of aromatic hydroxyl groups is 1. The molecule has 3 N–H and O–H groups in total. The molecule has 1 aromatic carbocycles. The Morgan fingerprint density at radius 1 is 1.21 bits per heavy atom. The van der Waals surface area contributed by atoms with Gasteiger partial charge in [-0.1, -0.05) is 25.0 Å². The van der Waals surface area contributed by atoms with E-state index in [1.807, 2.05) is 0 Å². The molecule has 4 heteroatoms. The molecule has 1 aromatic rings. The number of nitrogens with one attached hydrogen (secondary N) is 1. The SMILES string of the molecule is O=C(/C=C/c1ccc(O)cc1)N[C@H]1CCCC[C@@H]1O. The molecule has 1 saturated carbocycles.